The zero-order valence-corrected chi connectivity index (χ0v) is 23.9. The minimum Gasteiger partial charge on any atom is -0.488 e. The van der Waals surface area contributed by atoms with Gasteiger partial charge in [-0.05, 0) is 123 Å². The molecule has 4 fully saturated rings. The number of rotatable bonds is 7. The van der Waals surface area contributed by atoms with E-state index in [0.717, 1.165) is 53.6 Å². The van der Waals surface area contributed by atoms with Crippen LogP contribution >= 0.6 is 0 Å². The van der Waals surface area contributed by atoms with E-state index in [1.807, 2.05) is 18.2 Å². The molecule has 4 aliphatic rings. The molecule has 3 nitrogen and oxygen atoms in total. The van der Waals surface area contributed by atoms with Crippen LogP contribution in [0.4, 0.5) is 11.4 Å². The van der Waals surface area contributed by atoms with Gasteiger partial charge in [-0.3, -0.25) is 0 Å². The maximum Gasteiger partial charge on any atom is 0.142 e. The Kier molecular flexibility index (Phi) is 7.33. The first-order chi connectivity index (χ1) is 17.1. The van der Waals surface area contributed by atoms with E-state index in [-0.39, 0.29) is 11.5 Å². The number of anilines is 2. The first-order valence-corrected chi connectivity index (χ1v) is 15.5. The van der Waals surface area contributed by atoms with Crippen molar-refractivity contribution in [3.05, 3.63) is 18.2 Å². The standard InChI is InChI=1S/C33H54N2O/c1-21(2)8-6-9-22(3)26-15-16-27-25-14-12-23-10-7-11-31(36-30-17-13-24(34)20-29(30)35)33(23,5)28(25)18-19-32(26,27)4/h13,17,20-23,25-28,31H,6-12,14-16,18-19,34-35H2,1-5H3/t22-,23+,25+,26-,27-,28-,31?,32+,33-/m0/s1. The van der Waals surface area contributed by atoms with Gasteiger partial charge in [0, 0.05) is 11.1 Å². The highest BCUT2D eigenvalue weighted by atomic mass is 16.5. The summed E-state index contributed by atoms with van der Waals surface area (Å²) in [5.74, 6) is 6.87. The van der Waals surface area contributed by atoms with Crippen LogP contribution in [0.25, 0.3) is 0 Å². The number of hydrogen-bond donors (Lipinski definition) is 2. The quantitative estimate of drug-likeness (QED) is 0.372. The van der Waals surface area contributed by atoms with Gasteiger partial charge in [-0.2, -0.15) is 0 Å². The molecule has 5 rings (SSSR count). The molecule has 4 N–H and O–H groups in total. The molecule has 0 aliphatic heterocycles. The van der Waals surface area contributed by atoms with Crippen LogP contribution < -0.4 is 16.2 Å². The molecular weight excluding hydrogens is 440 g/mol. The Hall–Kier alpha value is -1.38. The van der Waals surface area contributed by atoms with Gasteiger partial charge in [0.15, 0.2) is 0 Å². The van der Waals surface area contributed by atoms with Crippen molar-refractivity contribution in [1.29, 1.82) is 0 Å². The van der Waals surface area contributed by atoms with Crippen LogP contribution in [-0.2, 0) is 0 Å². The molecule has 36 heavy (non-hydrogen) atoms. The van der Waals surface area contributed by atoms with Gasteiger partial charge in [0.05, 0.1) is 5.69 Å². The van der Waals surface area contributed by atoms with E-state index in [2.05, 4.69) is 34.6 Å². The molecule has 0 saturated heterocycles. The summed E-state index contributed by atoms with van der Waals surface area (Å²) in [4.78, 5) is 0. The molecule has 1 aromatic rings. The van der Waals surface area contributed by atoms with Crippen molar-refractivity contribution < 1.29 is 4.74 Å². The summed E-state index contributed by atoms with van der Waals surface area (Å²) >= 11 is 0. The fourth-order valence-electron chi connectivity index (χ4n) is 10.3. The van der Waals surface area contributed by atoms with Crippen molar-refractivity contribution in [1.82, 2.24) is 0 Å². The Morgan fingerprint density at radius 2 is 1.72 bits per heavy atom. The molecule has 3 heteroatoms. The Balaban J connectivity index is 1.35. The van der Waals surface area contributed by atoms with Crippen molar-refractivity contribution in [3.8, 4) is 5.75 Å². The summed E-state index contributed by atoms with van der Waals surface area (Å²) in [6, 6.07) is 5.79. The van der Waals surface area contributed by atoms with Gasteiger partial charge in [-0.1, -0.05) is 53.9 Å². The minimum absolute atomic E-state index is 0.261. The largest absolute Gasteiger partial charge is 0.488 e. The van der Waals surface area contributed by atoms with Crippen LogP contribution in [0.3, 0.4) is 0 Å². The Morgan fingerprint density at radius 1 is 0.917 bits per heavy atom. The summed E-state index contributed by atoms with van der Waals surface area (Å²) in [5, 5.41) is 0. The van der Waals surface area contributed by atoms with Crippen LogP contribution in [-0.4, -0.2) is 6.10 Å². The first-order valence-electron chi connectivity index (χ1n) is 15.5. The average Bonchev–Trinajstić information content (AvgIpc) is 3.18. The van der Waals surface area contributed by atoms with Crippen molar-refractivity contribution in [2.75, 3.05) is 11.5 Å². The van der Waals surface area contributed by atoms with E-state index < -0.39 is 0 Å². The minimum atomic E-state index is 0.261. The second-order valence-corrected chi connectivity index (χ2v) is 14.4. The van der Waals surface area contributed by atoms with Crippen molar-refractivity contribution in [2.45, 2.75) is 118 Å². The van der Waals surface area contributed by atoms with Crippen LogP contribution in [0, 0.1) is 52.3 Å². The monoisotopic (exact) mass is 494 g/mol. The molecular formula is C33H54N2O. The van der Waals surface area contributed by atoms with Gasteiger partial charge >= 0.3 is 0 Å². The Bertz CT molecular complexity index is 913. The number of hydrogen-bond acceptors (Lipinski definition) is 3. The van der Waals surface area contributed by atoms with E-state index in [4.69, 9.17) is 16.2 Å². The highest BCUT2D eigenvalue weighted by Crippen LogP contribution is 2.68. The number of ether oxygens (including phenoxy) is 1. The lowest BCUT2D eigenvalue weighted by Gasteiger charge is -2.62. The summed E-state index contributed by atoms with van der Waals surface area (Å²) in [6.07, 6.45) is 16.9. The molecule has 1 aromatic carbocycles. The van der Waals surface area contributed by atoms with Gasteiger partial charge in [0.1, 0.15) is 11.9 Å². The van der Waals surface area contributed by atoms with E-state index in [9.17, 15) is 0 Å². The highest BCUT2D eigenvalue weighted by molar-refractivity contribution is 5.60. The predicted octanol–water partition coefficient (Wildman–Crippen LogP) is 8.72. The van der Waals surface area contributed by atoms with Crippen LogP contribution in [0.1, 0.15) is 112 Å². The summed E-state index contributed by atoms with van der Waals surface area (Å²) in [7, 11) is 0. The molecule has 1 unspecified atom stereocenters. The van der Waals surface area contributed by atoms with Crippen molar-refractivity contribution in [2.24, 2.45) is 52.3 Å². The van der Waals surface area contributed by atoms with Crippen LogP contribution in [0.5, 0.6) is 5.75 Å². The average molecular weight is 495 g/mol. The normalized spacial score (nSPS) is 40.8. The third-order valence-corrected chi connectivity index (χ3v) is 12.2. The molecule has 0 aromatic heterocycles. The smallest absolute Gasteiger partial charge is 0.142 e. The number of nitrogens with two attached hydrogens (primary N) is 2. The number of benzene rings is 1. The van der Waals surface area contributed by atoms with E-state index in [1.54, 1.807) is 0 Å². The fraction of sp³-hybridized carbons (Fsp3) is 0.818. The molecule has 9 atom stereocenters. The summed E-state index contributed by atoms with van der Waals surface area (Å²) < 4.78 is 6.84. The maximum absolute atomic E-state index is 6.84. The zero-order valence-electron chi connectivity index (χ0n) is 23.9. The van der Waals surface area contributed by atoms with Gasteiger partial charge in [-0.25, -0.2) is 0 Å². The van der Waals surface area contributed by atoms with Gasteiger partial charge < -0.3 is 16.2 Å². The van der Waals surface area contributed by atoms with Crippen LogP contribution in [0.15, 0.2) is 18.2 Å². The molecule has 0 amide bonds. The molecule has 0 bridgehead atoms. The Morgan fingerprint density at radius 3 is 2.47 bits per heavy atom. The summed E-state index contributed by atoms with van der Waals surface area (Å²) in [6.45, 7) is 12.7. The Labute approximate surface area is 221 Å². The van der Waals surface area contributed by atoms with Gasteiger partial charge in [0.2, 0.25) is 0 Å². The van der Waals surface area contributed by atoms with Gasteiger partial charge in [0.25, 0.3) is 0 Å². The third-order valence-electron chi connectivity index (χ3n) is 12.2. The highest BCUT2D eigenvalue weighted by Gasteiger charge is 2.62. The number of nitrogen functional groups attached to an aromatic ring is 2. The lowest BCUT2D eigenvalue weighted by atomic mass is 9.44. The van der Waals surface area contributed by atoms with E-state index in [1.165, 1.54) is 70.6 Å². The molecule has 0 heterocycles. The van der Waals surface area contributed by atoms with E-state index >= 15 is 0 Å². The molecule has 4 aliphatic carbocycles. The first kappa shape index (κ1) is 26.2. The fourth-order valence-corrected chi connectivity index (χ4v) is 10.3. The van der Waals surface area contributed by atoms with Crippen molar-refractivity contribution in [3.63, 3.8) is 0 Å². The zero-order chi connectivity index (χ0) is 25.7. The van der Waals surface area contributed by atoms with Crippen molar-refractivity contribution >= 4 is 11.4 Å². The van der Waals surface area contributed by atoms with E-state index in [0.29, 0.717) is 16.8 Å². The molecule has 0 spiro atoms. The molecule has 0 radical (unpaired) electrons. The lowest BCUT2D eigenvalue weighted by Crippen LogP contribution is -2.59. The molecule has 4 saturated carbocycles. The third kappa shape index (κ3) is 4.45. The van der Waals surface area contributed by atoms with Crippen LogP contribution in [0.2, 0.25) is 0 Å². The predicted molar refractivity (Wildman–Crippen MR) is 153 cm³/mol. The molecule has 202 valence electrons. The second-order valence-electron chi connectivity index (χ2n) is 14.4. The van der Waals surface area contributed by atoms with Gasteiger partial charge in [-0.15, -0.1) is 0 Å². The SMILES string of the molecule is CC(C)CCC[C@H](C)[C@@H]1CC[C@H]2[C@H]3CC[C@H]4CCCC(Oc5ccc(N)cc5N)[C@]4(C)[C@H]3CC[C@@]21C. The lowest BCUT2D eigenvalue weighted by molar-refractivity contribution is -0.157. The number of fused-ring (bicyclic) bond motifs is 5. The summed E-state index contributed by atoms with van der Waals surface area (Å²) in [5.41, 5.74) is 14.6. The maximum atomic E-state index is 6.84. The topological polar surface area (TPSA) is 61.3 Å². The second kappa shape index (κ2) is 10.1.